The molecule has 8 heteroatoms. The first-order valence-corrected chi connectivity index (χ1v) is 10.4. The van der Waals surface area contributed by atoms with Crippen molar-refractivity contribution in [3.05, 3.63) is 101 Å². The van der Waals surface area contributed by atoms with Crippen LogP contribution in [0.25, 0.3) is 10.9 Å². The first kappa shape index (κ1) is 20.4. The number of aromatic amines is 1. The number of carboxylic acid groups (broad SMARTS) is 2. The predicted octanol–water partition coefficient (Wildman–Crippen LogP) is 3.50. The SMILES string of the molecule is O=C(O)c1ccccc1C(=O)N1C(c2ccccn2)c2[nH]c3ccccc3c2C[C@H]1C(=O)O. The molecule has 5 rings (SSSR count). The van der Waals surface area contributed by atoms with Gasteiger partial charge in [0.05, 0.1) is 16.8 Å². The van der Waals surface area contributed by atoms with E-state index in [2.05, 4.69) is 9.97 Å². The summed E-state index contributed by atoms with van der Waals surface area (Å²) in [7, 11) is 0. The first-order valence-electron chi connectivity index (χ1n) is 10.4. The molecule has 0 fully saturated rings. The first-order chi connectivity index (χ1) is 16.0. The topological polar surface area (TPSA) is 124 Å². The van der Waals surface area contributed by atoms with E-state index in [0.29, 0.717) is 11.4 Å². The molecule has 164 valence electrons. The van der Waals surface area contributed by atoms with E-state index in [0.717, 1.165) is 16.5 Å². The van der Waals surface area contributed by atoms with E-state index in [1.807, 2.05) is 24.3 Å². The fraction of sp³-hybridized carbons (Fsp3) is 0.120. The lowest BCUT2D eigenvalue weighted by atomic mass is 9.88. The lowest BCUT2D eigenvalue weighted by molar-refractivity contribution is -0.143. The Morgan fingerprint density at radius 1 is 0.909 bits per heavy atom. The standard InChI is InChI=1S/C25H19N3O5/c29-23(15-8-1-2-9-16(15)24(30)31)28-20(25(32)33)13-17-14-7-3-4-10-18(14)27-21(17)22(28)19-11-5-6-12-26-19/h1-12,20,22,27H,13H2,(H,30,31)(H,32,33)/t20-,22?/m0/s1. The number of carbonyl (C=O) groups is 3. The molecule has 2 atom stereocenters. The molecule has 2 aromatic carbocycles. The van der Waals surface area contributed by atoms with Gasteiger partial charge in [-0.2, -0.15) is 0 Å². The molecule has 0 aliphatic carbocycles. The highest BCUT2D eigenvalue weighted by Crippen LogP contribution is 2.41. The Kier molecular flexibility index (Phi) is 4.90. The van der Waals surface area contributed by atoms with Gasteiger partial charge in [-0.1, -0.05) is 36.4 Å². The third-order valence-corrected chi connectivity index (χ3v) is 6.01. The molecular weight excluding hydrogens is 422 g/mol. The number of para-hydroxylation sites is 1. The second-order valence-corrected chi connectivity index (χ2v) is 7.84. The monoisotopic (exact) mass is 441 g/mol. The molecule has 3 N–H and O–H groups in total. The predicted molar refractivity (Wildman–Crippen MR) is 119 cm³/mol. The number of carboxylic acids is 2. The Bertz CT molecular complexity index is 1400. The van der Waals surface area contributed by atoms with Gasteiger partial charge in [0.15, 0.2) is 0 Å². The number of rotatable bonds is 4. The maximum absolute atomic E-state index is 13.8. The fourth-order valence-corrected chi connectivity index (χ4v) is 4.57. The highest BCUT2D eigenvalue weighted by atomic mass is 16.4. The maximum atomic E-state index is 13.8. The van der Waals surface area contributed by atoms with E-state index in [4.69, 9.17) is 0 Å². The summed E-state index contributed by atoms with van der Waals surface area (Å²) in [6, 6.07) is 16.6. The van der Waals surface area contributed by atoms with E-state index in [1.54, 1.807) is 30.5 Å². The molecule has 3 heterocycles. The Hall–Kier alpha value is -4.46. The molecule has 0 radical (unpaired) electrons. The van der Waals surface area contributed by atoms with Crippen molar-refractivity contribution < 1.29 is 24.6 Å². The number of carbonyl (C=O) groups excluding carboxylic acids is 1. The lowest BCUT2D eigenvalue weighted by Gasteiger charge is -2.40. The Morgan fingerprint density at radius 3 is 2.30 bits per heavy atom. The minimum Gasteiger partial charge on any atom is -0.480 e. The zero-order valence-corrected chi connectivity index (χ0v) is 17.3. The number of nitrogens with zero attached hydrogens (tertiary/aromatic N) is 2. The number of nitrogens with one attached hydrogen (secondary N) is 1. The second kappa shape index (κ2) is 7.90. The van der Waals surface area contributed by atoms with Crippen LogP contribution in [0.2, 0.25) is 0 Å². The van der Waals surface area contributed by atoms with Crippen LogP contribution in [0.3, 0.4) is 0 Å². The minimum atomic E-state index is -1.26. The molecule has 1 unspecified atom stereocenters. The van der Waals surface area contributed by atoms with Crippen molar-refractivity contribution in [3.8, 4) is 0 Å². The zero-order valence-electron chi connectivity index (χ0n) is 17.3. The molecule has 0 spiro atoms. The number of aromatic carboxylic acids is 1. The number of fused-ring (bicyclic) bond motifs is 3. The van der Waals surface area contributed by atoms with Gasteiger partial charge in [-0.3, -0.25) is 9.78 Å². The second-order valence-electron chi connectivity index (χ2n) is 7.84. The molecule has 4 aromatic rings. The van der Waals surface area contributed by atoms with Crippen molar-refractivity contribution >= 4 is 28.7 Å². The summed E-state index contributed by atoms with van der Waals surface area (Å²) in [5, 5.41) is 20.6. The maximum Gasteiger partial charge on any atom is 0.336 e. The van der Waals surface area contributed by atoms with Gasteiger partial charge in [0.1, 0.15) is 12.1 Å². The molecule has 0 bridgehead atoms. The molecule has 8 nitrogen and oxygen atoms in total. The zero-order chi connectivity index (χ0) is 23.1. The molecule has 1 amide bonds. The Labute approximate surface area is 188 Å². The number of amides is 1. The summed E-state index contributed by atoms with van der Waals surface area (Å²) >= 11 is 0. The van der Waals surface area contributed by atoms with Crippen LogP contribution in [0.4, 0.5) is 0 Å². The fourth-order valence-electron chi connectivity index (χ4n) is 4.57. The normalized spacial score (nSPS) is 17.5. The third-order valence-electron chi connectivity index (χ3n) is 6.01. The van der Waals surface area contributed by atoms with E-state index < -0.39 is 29.9 Å². The number of hydrogen-bond donors (Lipinski definition) is 3. The third kappa shape index (κ3) is 3.32. The number of hydrogen-bond acceptors (Lipinski definition) is 4. The number of aromatic nitrogens is 2. The molecular formula is C25H19N3O5. The summed E-state index contributed by atoms with van der Waals surface area (Å²) in [4.78, 5) is 47.0. The highest BCUT2D eigenvalue weighted by Gasteiger charge is 2.45. The van der Waals surface area contributed by atoms with Crippen LogP contribution in [0.1, 0.15) is 43.7 Å². The van der Waals surface area contributed by atoms with Crippen molar-refractivity contribution in [2.75, 3.05) is 0 Å². The van der Waals surface area contributed by atoms with Crippen LogP contribution in [0.15, 0.2) is 72.9 Å². The van der Waals surface area contributed by atoms with Gasteiger partial charge in [0, 0.05) is 29.2 Å². The van der Waals surface area contributed by atoms with Crippen LogP contribution >= 0.6 is 0 Å². The number of pyridine rings is 1. The number of aliphatic carboxylic acids is 1. The van der Waals surface area contributed by atoms with E-state index >= 15 is 0 Å². The van der Waals surface area contributed by atoms with Crippen molar-refractivity contribution in [3.63, 3.8) is 0 Å². The van der Waals surface area contributed by atoms with E-state index in [-0.39, 0.29) is 17.5 Å². The van der Waals surface area contributed by atoms with Gasteiger partial charge < -0.3 is 20.1 Å². The lowest BCUT2D eigenvalue weighted by Crippen LogP contribution is -2.52. The summed E-state index contributed by atoms with van der Waals surface area (Å²) in [6.45, 7) is 0. The van der Waals surface area contributed by atoms with Gasteiger partial charge >= 0.3 is 11.9 Å². The molecule has 1 aliphatic heterocycles. The summed E-state index contributed by atoms with van der Waals surface area (Å²) < 4.78 is 0. The highest BCUT2D eigenvalue weighted by molar-refractivity contribution is 6.06. The van der Waals surface area contributed by atoms with E-state index in [1.165, 1.54) is 23.1 Å². The molecule has 0 saturated carbocycles. The quantitative estimate of drug-likeness (QED) is 0.445. The van der Waals surface area contributed by atoms with Gasteiger partial charge in [-0.05, 0) is 35.9 Å². The molecule has 0 saturated heterocycles. The summed E-state index contributed by atoms with van der Waals surface area (Å²) in [6.07, 6.45) is 1.66. The van der Waals surface area contributed by atoms with Crippen molar-refractivity contribution in [1.82, 2.24) is 14.9 Å². The summed E-state index contributed by atoms with van der Waals surface area (Å²) in [5.41, 5.74) is 2.54. The van der Waals surface area contributed by atoms with Crippen LogP contribution < -0.4 is 0 Å². The van der Waals surface area contributed by atoms with Crippen LogP contribution in [0.5, 0.6) is 0 Å². The van der Waals surface area contributed by atoms with Crippen LogP contribution in [0, 0.1) is 0 Å². The largest absolute Gasteiger partial charge is 0.480 e. The van der Waals surface area contributed by atoms with Gasteiger partial charge in [0.25, 0.3) is 5.91 Å². The van der Waals surface area contributed by atoms with Crippen molar-refractivity contribution in [2.45, 2.75) is 18.5 Å². The van der Waals surface area contributed by atoms with Gasteiger partial charge in [0.2, 0.25) is 0 Å². The van der Waals surface area contributed by atoms with Gasteiger partial charge in [-0.15, -0.1) is 0 Å². The Morgan fingerprint density at radius 2 is 1.61 bits per heavy atom. The molecule has 33 heavy (non-hydrogen) atoms. The average molecular weight is 441 g/mol. The van der Waals surface area contributed by atoms with Crippen molar-refractivity contribution in [2.24, 2.45) is 0 Å². The number of H-pyrrole nitrogens is 1. The Balaban J connectivity index is 1.76. The average Bonchev–Trinajstić information content (AvgIpc) is 3.21. The minimum absolute atomic E-state index is 0.0725. The van der Waals surface area contributed by atoms with Gasteiger partial charge in [-0.25, -0.2) is 9.59 Å². The van der Waals surface area contributed by atoms with Crippen LogP contribution in [-0.4, -0.2) is 49.0 Å². The molecule has 2 aromatic heterocycles. The van der Waals surface area contributed by atoms with E-state index in [9.17, 15) is 24.6 Å². The number of benzene rings is 2. The summed E-state index contributed by atoms with van der Waals surface area (Å²) in [5.74, 6) is -3.11. The van der Waals surface area contributed by atoms with Crippen LogP contribution in [-0.2, 0) is 11.2 Å². The smallest absolute Gasteiger partial charge is 0.336 e. The van der Waals surface area contributed by atoms with Crippen molar-refractivity contribution in [1.29, 1.82) is 0 Å². The molecule has 1 aliphatic rings.